The van der Waals surface area contributed by atoms with Gasteiger partial charge in [0.15, 0.2) is 5.13 Å². The molecule has 2 aromatic heterocycles. The summed E-state index contributed by atoms with van der Waals surface area (Å²) in [7, 11) is 0. The number of alkyl halides is 3. The van der Waals surface area contributed by atoms with Crippen LogP contribution in [0.5, 0.6) is 0 Å². The number of rotatable bonds is 6. The number of carbonyl (C=O) groups is 1. The zero-order valence-electron chi connectivity index (χ0n) is 14.0. The second-order valence-electron chi connectivity index (χ2n) is 5.65. The molecule has 0 aliphatic rings. The van der Waals surface area contributed by atoms with Gasteiger partial charge in [-0.05, 0) is 24.3 Å². The van der Waals surface area contributed by atoms with Crippen LogP contribution in [0.15, 0.2) is 54.2 Å². The van der Waals surface area contributed by atoms with Gasteiger partial charge in [-0.2, -0.15) is 13.2 Å². The van der Waals surface area contributed by atoms with Crippen molar-refractivity contribution in [3.8, 4) is 11.3 Å². The molecule has 0 bridgehead atoms. The van der Waals surface area contributed by atoms with Gasteiger partial charge in [-0.15, -0.1) is 11.3 Å². The summed E-state index contributed by atoms with van der Waals surface area (Å²) in [5, 5.41) is 8.20. The summed E-state index contributed by atoms with van der Waals surface area (Å²) in [5.74, 6) is -0.670. The topological polar surface area (TPSA) is 66.9 Å². The first-order valence-corrected chi connectivity index (χ1v) is 8.87. The molecular weight excluding hydrogens is 377 g/mol. The number of hydrogen-bond acceptors (Lipinski definition) is 5. The van der Waals surface area contributed by atoms with Crippen molar-refractivity contribution in [2.75, 3.05) is 10.6 Å². The molecule has 2 N–H and O–H groups in total. The van der Waals surface area contributed by atoms with Gasteiger partial charge in [0.1, 0.15) is 0 Å². The number of anilines is 3. The van der Waals surface area contributed by atoms with Crippen LogP contribution in [0.25, 0.3) is 11.3 Å². The number of nitrogens with zero attached hydrogens (tertiary/aromatic N) is 2. The van der Waals surface area contributed by atoms with Crippen molar-refractivity contribution in [2.45, 2.75) is 19.0 Å². The average Bonchev–Trinajstić information content (AvgIpc) is 3.09. The fraction of sp³-hybridized carbons (Fsp3) is 0.167. The zero-order chi connectivity index (χ0) is 19.3. The molecule has 5 nitrogen and oxygen atoms in total. The normalized spacial score (nSPS) is 11.2. The maximum Gasteiger partial charge on any atom is 0.389 e. The molecule has 0 radical (unpaired) electrons. The molecule has 0 fully saturated rings. The Balaban J connectivity index is 1.60. The van der Waals surface area contributed by atoms with E-state index in [2.05, 4.69) is 20.6 Å². The molecule has 9 heteroatoms. The van der Waals surface area contributed by atoms with Crippen LogP contribution < -0.4 is 10.6 Å². The van der Waals surface area contributed by atoms with Crippen LogP contribution in [-0.2, 0) is 4.79 Å². The number of nitrogens with one attached hydrogen (secondary N) is 2. The highest BCUT2D eigenvalue weighted by molar-refractivity contribution is 7.14. The number of thiazole rings is 1. The van der Waals surface area contributed by atoms with Gasteiger partial charge in [-0.25, -0.2) is 4.98 Å². The molecule has 2 heterocycles. The maximum atomic E-state index is 12.1. The minimum atomic E-state index is -4.34. The van der Waals surface area contributed by atoms with Crippen LogP contribution in [0, 0.1) is 0 Å². The summed E-state index contributed by atoms with van der Waals surface area (Å²) >= 11 is 1.44. The van der Waals surface area contributed by atoms with E-state index in [0.717, 1.165) is 16.9 Å². The van der Waals surface area contributed by atoms with Crippen molar-refractivity contribution in [1.82, 2.24) is 9.97 Å². The van der Waals surface area contributed by atoms with E-state index in [1.165, 1.54) is 11.3 Å². The third kappa shape index (κ3) is 5.78. The molecule has 1 amide bonds. The van der Waals surface area contributed by atoms with Crippen LogP contribution in [-0.4, -0.2) is 22.1 Å². The number of pyridine rings is 1. The Morgan fingerprint density at radius 3 is 2.56 bits per heavy atom. The number of aromatic nitrogens is 2. The first kappa shape index (κ1) is 18.8. The van der Waals surface area contributed by atoms with Gasteiger partial charge in [-0.1, -0.05) is 12.1 Å². The van der Waals surface area contributed by atoms with Crippen LogP contribution in [0.4, 0.5) is 29.7 Å². The number of amides is 1. The van der Waals surface area contributed by atoms with E-state index in [9.17, 15) is 18.0 Å². The molecule has 1 aromatic carbocycles. The van der Waals surface area contributed by atoms with Crippen LogP contribution in [0.3, 0.4) is 0 Å². The lowest BCUT2D eigenvalue weighted by Crippen LogP contribution is -2.16. The summed E-state index contributed by atoms with van der Waals surface area (Å²) in [6, 6.07) is 10.5. The maximum absolute atomic E-state index is 12.1. The Morgan fingerprint density at radius 1 is 1.11 bits per heavy atom. The SMILES string of the molecule is O=C(CCC(F)(F)F)Nc1ccc(-c2csc(Nc3cccnc3)n2)cc1. The van der Waals surface area contributed by atoms with Crippen LogP contribution >= 0.6 is 11.3 Å². The molecular formula is C18H15F3N4OS. The largest absolute Gasteiger partial charge is 0.389 e. The van der Waals surface area contributed by atoms with E-state index in [1.807, 2.05) is 17.5 Å². The third-order valence-corrected chi connectivity index (χ3v) is 4.27. The van der Waals surface area contributed by atoms with Gasteiger partial charge < -0.3 is 10.6 Å². The molecule has 3 rings (SSSR count). The summed E-state index contributed by atoms with van der Waals surface area (Å²) in [5.41, 5.74) is 2.85. The summed E-state index contributed by atoms with van der Waals surface area (Å²) in [4.78, 5) is 20.1. The highest BCUT2D eigenvalue weighted by Crippen LogP contribution is 2.28. The fourth-order valence-corrected chi connectivity index (χ4v) is 2.97. The van der Waals surface area contributed by atoms with Crippen molar-refractivity contribution in [1.29, 1.82) is 0 Å². The monoisotopic (exact) mass is 392 g/mol. The first-order valence-electron chi connectivity index (χ1n) is 7.99. The first-order chi connectivity index (χ1) is 12.9. The molecule has 27 heavy (non-hydrogen) atoms. The predicted molar refractivity (Wildman–Crippen MR) is 99.0 cm³/mol. The number of halogens is 3. The molecule has 140 valence electrons. The van der Waals surface area contributed by atoms with E-state index in [1.54, 1.807) is 36.7 Å². The minimum Gasteiger partial charge on any atom is -0.330 e. The molecule has 0 saturated heterocycles. The lowest BCUT2D eigenvalue weighted by atomic mass is 10.1. The molecule has 0 unspecified atom stereocenters. The lowest BCUT2D eigenvalue weighted by Gasteiger charge is -2.08. The second-order valence-corrected chi connectivity index (χ2v) is 6.50. The van der Waals surface area contributed by atoms with Crippen LogP contribution in [0.1, 0.15) is 12.8 Å². The number of carbonyl (C=O) groups excluding carboxylic acids is 1. The fourth-order valence-electron chi connectivity index (χ4n) is 2.23. The summed E-state index contributed by atoms with van der Waals surface area (Å²) in [6.07, 6.45) is -2.70. The number of benzene rings is 1. The van der Waals surface area contributed by atoms with E-state index >= 15 is 0 Å². The van der Waals surface area contributed by atoms with E-state index in [4.69, 9.17) is 0 Å². The smallest absolute Gasteiger partial charge is 0.330 e. The van der Waals surface area contributed by atoms with Gasteiger partial charge >= 0.3 is 6.18 Å². The molecule has 0 spiro atoms. The van der Waals surface area contributed by atoms with Gasteiger partial charge in [0.2, 0.25) is 5.91 Å². The highest BCUT2D eigenvalue weighted by Gasteiger charge is 2.27. The molecule has 0 aliphatic heterocycles. The van der Waals surface area contributed by atoms with Crippen molar-refractivity contribution < 1.29 is 18.0 Å². The Bertz CT molecular complexity index is 895. The van der Waals surface area contributed by atoms with Crippen molar-refractivity contribution in [3.05, 3.63) is 54.2 Å². The van der Waals surface area contributed by atoms with Crippen molar-refractivity contribution >= 4 is 33.8 Å². The molecule has 0 saturated carbocycles. The van der Waals surface area contributed by atoms with Crippen LogP contribution in [0.2, 0.25) is 0 Å². The standard InChI is InChI=1S/C18H15F3N4OS/c19-18(20,21)8-7-16(26)23-13-5-3-12(4-6-13)15-11-27-17(25-15)24-14-2-1-9-22-10-14/h1-6,9-11H,7-8H2,(H,23,26)(H,24,25). The lowest BCUT2D eigenvalue weighted by molar-refractivity contribution is -0.142. The Labute approximate surface area is 157 Å². The summed E-state index contributed by atoms with van der Waals surface area (Å²) in [6.45, 7) is 0. The van der Waals surface area contributed by atoms with E-state index in [0.29, 0.717) is 10.8 Å². The Morgan fingerprint density at radius 2 is 1.89 bits per heavy atom. The van der Waals surface area contributed by atoms with Gasteiger partial charge in [0, 0.05) is 29.2 Å². The predicted octanol–water partition coefficient (Wildman–Crippen LogP) is 5.23. The van der Waals surface area contributed by atoms with E-state index < -0.39 is 24.9 Å². The number of hydrogen-bond donors (Lipinski definition) is 2. The van der Waals surface area contributed by atoms with Gasteiger partial charge in [0.05, 0.1) is 24.0 Å². The van der Waals surface area contributed by atoms with Gasteiger partial charge in [0.25, 0.3) is 0 Å². The van der Waals surface area contributed by atoms with Gasteiger partial charge in [-0.3, -0.25) is 9.78 Å². The second kappa shape index (κ2) is 8.17. The highest BCUT2D eigenvalue weighted by atomic mass is 32.1. The quantitative estimate of drug-likeness (QED) is 0.603. The Hall–Kier alpha value is -2.94. The molecule has 0 atom stereocenters. The Kier molecular flexibility index (Phi) is 5.70. The average molecular weight is 392 g/mol. The summed E-state index contributed by atoms with van der Waals surface area (Å²) < 4.78 is 36.4. The molecule has 0 aliphatic carbocycles. The van der Waals surface area contributed by atoms with Crippen molar-refractivity contribution in [3.63, 3.8) is 0 Å². The minimum absolute atomic E-state index is 0.440. The van der Waals surface area contributed by atoms with Crippen molar-refractivity contribution in [2.24, 2.45) is 0 Å². The molecule has 3 aromatic rings. The van der Waals surface area contributed by atoms with E-state index in [-0.39, 0.29) is 0 Å². The third-order valence-electron chi connectivity index (χ3n) is 3.52. The zero-order valence-corrected chi connectivity index (χ0v) is 14.8.